The number of nitrogens with two attached hydrogens (primary N) is 1. The van der Waals surface area contributed by atoms with Gasteiger partial charge < -0.3 is 10.6 Å². The van der Waals surface area contributed by atoms with Gasteiger partial charge in [-0.15, -0.1) is 12.4 Å². The maximum atomic E-state index is 6.27. The van der Waals surface area contributed by atoms with Crippen LogP contribution in [0.25, 0.3) is 0 Å². The highest BCUT2D eigenvalue weighted by molar-refractivity contribution is 5.87. The summed E-state index contributed by atoms with van der Waals surface area (Å²) in [5.41, 5.74) is 9.85. The molecule has 1 aliphatic heterocycles. The van der Waals surface area contributed by atoms with E-state index >= 15 is 0 Å². The molecule has 0 saturated carbocycles. The van der Waals surface area contributed by atoms with Crippen LogP contribution < -0.4 is 5.73 Å². The summed E-state index contributed by atoms with van der Waals surface area (Å²) in [6.07, 6.45) is 2.47. The smallest absolute Gasteiger partial charge is 0.148 e. The average molecular weight is 317 g/mol. The van der Waals surface area contributed by atoms with Crippen molar-refractivity contribution in [3.05, 3.63) is 71.8 Å². The Morgan fingerprint density at radius 1 is 1.00 bits per heavy atom. The maximum absolute atomic E-state index is 6.27. The molecule has 2 aromatic carbocycles. The van der Waals surface area contributed by atoms with E-state index in [0.717, 1.165) is 25.0 Å². The molecule has 0 amide bonds. The summed E-state index contributed by atoms with van der Waals surface area (Å²) in [4.78, 5) is 5.53. The fourth-order valence-electron chi connectivity index (χ4n) is 2.63. The molecule has 0 aliphatic carbocycles. The van der Waals surface area contributed by atoms with Crippen LogP contribution >= 0.6 is 12.4 Å². The molecule has 1 heterocycles. The Balaban J connectivity index is 0.00000176. The van der Waals surface area contributed by atoms with Crippen molar-refractivity contribution in [2.75, 3.05) is 0 Å². The first-order valence-corrected chi connectivity index (χ1v) is 7.36. The lowest BCUT2D eigenvalue weighted by Crippen LogP contribution is -2.36. The van der Waals surface area contributed by atoms with E-state index in [1.165, 1.54) is 11.1 Å². The summed E-state index contributed by atoms with van der Waals surface area (Å²) >= 11 is 0. The normalized spacial score (nSPS) is 18.0. The topological polar surface area (TPSA) is 47.6 Å². The molecule has 0 fully saturated rings. The summed E-state index contributed by atoms with van der Waals surface area (Å²) in [6, 6.07) is 20.6. The Morgan fingerprint density at radius 2 is 1.59 bits per heavy atom. The van der Waals surface area contributed by atoms with Crippen LogP contribution in [0.1, 0.15) is 17.5 Å². The molecule has 0 aromatic heterocycles. The first-order valence-electron chi connectivity index (χ1n) is 7.36. The summed E-state index contributed by atoms with van der Waals surface area (Å²) in [5.74, 6) is 0. The standard InChI is InChI=1S/C18H20N2O.ClH/c19-17(12-15-9-5-2-6-10-15)18-13-16(20-21-18)11-14-7-3-1-4-8-14;/h1-10,17-18H,11-13,19H2;1H/t17-,18-;/m0./s1. The zero-order valence-electron chi connectivity index (χ0n) is 12.4. The van der Waals surface area contributed by atoms with E-state index in [2.05, 4.69) is 29.4 Å². The van der Waals surface area contributed by atoms with Crippen LogP contribution in [0, 0.1) is 0 Å². The molecule has 0 bridgehead atoms. The third-order valence-electron chi connectivity index (χ3n) is 3.80. The van der Waals surface area contributed by atoms with Gasteiger partial charge in [-0.05, 0) is 17.5 Å². The second-order valence-corrected chi connectivity index (χ2v) is 5.52. The molecule has 3 nitrogen and oxygen atoms in total. The van der Waals surface area contributed by atoms with E-state index in [-0.39, 0.29) is 24.6 Å². The van der Waals surface area contributed by atoms with Gasteiger partial charge in [-0.2, -0.15) is 0 Å². The molecule has 0 spiro atoms. The Morgan fingerprint density at radius 3 is 2.23 bits per heavy atom. The summed E-state index contributed by atoms with van der Waals surface area (Å²) < 4.78 is 0. The van der Waals surface area contributed by atoms with Gasteiger partial charge in [0, 0.05) is 18.9 Å². The van der Waals surface area contributed by atoms with E-state index in [9.17, 15) is 0 Å². The van der Waals surface area contributed by atoms with E-state index in [4.69, 9.17) is 10.6 Å². The van der Waals surface area contributed by atoms with Gasteiger partial charge in [0.25, 0.3) is 0 Å². The van der Waals surface area contributed by atoms with Gasteiger partial charge >= 0.3 is 0 Å². The summed E-state index contributed by atoms with van der Waals surface area (Å²) in [5, 5.41) is 4.21. The number of hydrogen-bond donors (Lipinski definition) is 1. The molecule has 4 heteroatoms. The SMILES string of the molecule is Cl.N[C@@H](Cc1ccccc1)[C@@H]1CC(Cc2ccccc2)=NO1. The predicted molar refractivity (Wildman–Crippen MR) is 92.4 cm³/mol. The number of halogens is 1. The van der Waals surface area contributed by atoms with Gasteiger partial charge in [-0.25, -0.2) is 0 Å². The Bertz CT molecular complexity index is 601. The van der Waals surface area contributed by atoms with Crippen molar-refractivity contribution in [2.45, 2.75) is 31.4 Å². The third-order valence-corrected chi connectivity index (χ3v) is 3.80. The first-order chi connectivity index (χ1) is 10.3. The monoisotopic (exact) mass is 316 g/mol. The predicted octanol–water partition coefficient (Wildman–Crippen LogP) is 3.37. The highest BCUT2D eigenvalue weighted by Gasteiger charge is 2.27. The van der Waals surface area contributed by atoms with Gasteiger partial charge in [-0.3, -0.25) is 0 Å². The zero-order chi connectivity index (χ0) is 14.5. The van der Waals surface area contributed by atoms with Gasteiger partial charge in [0.2, 0.25) is 0 Å². The summed E-state index contributed by atoms with van der Waals surface area (Å²) in [7, 11) is 0. The van der Waals surface area contributed by atoms with E-state index in [0.29, 0.717) is 0 Å². The van der Waals surface area contributed by atoms with Gasteiger partial charge in [0.1, 0.15) is 6.10 Å². The minimum Gasteiger partial charge on any atom is -0.390 e. The molecule has 1 aliphatic rings. The van der Waals surface area contributed by atoms with Gasteiger partial charge in [-0.1, -0.05) is 65.8 Å². The molecule has 116 valence electrons. The molecule has 2 aromatic rings. The van der Waals surface area contributed by atoms with Crippen molar-refractivity contribution < 1.29 is 4.84 Å². The molecule has 2 atom stereocenters. The molecular formula is C18H21ClN2O. The van der Waals surface area contributed by atoms with Gasteiger partial charge in [0.15, 0.2) is 0 Å². The lowest BCUT2D eigenvalue weighted by molar-refractivity contribution is 0.0659. The fourth-order valence-corrected chi connectivity index (χ4v) is 2.63. The quantitative estimate of drug-likeness (QED) is 0.919. The number of benzene rings is 2. The largest absolute Gasteiger partial charge is 0.390 e. The molecular weight excluding hydrogens is 296 g/mol. The Kier molecular flexibility index (Phi) is 5.99. The minimum atomic E-state index is -0.0237. The van der Waals surface area contributed by atoms with Gasteiger partial charge in [0.05, 0.1) is 5.71 Å². The fraction of sp³-hybridized carbons (Fsp3) is 0.278. The molecule has 0 saturated heterocycles. The van der Waals surface area contributed by atoms with Crippen molar-refractivity contribution >= 4 is 18.1 Å². The van der Waals surface area contributed by atoms with E-state index in [1.807, 2.05) is 36.4 Å². The number of oxime groups is 1. The van der Waals surface area contributed by atoms with E-state index < -0.39 is 0 Å². The molecule has 22 heavy (non-hydrogen) atoms. The van der Waals surface area contributed by atoms with Crippen LogP contribution in [0.4, 0.5) is 0 Å². The van der Waals surface area contributed by atoms with Crippen LogP contribution in [0.3, 0.4) is 0 Å². The number of rotatable bonds is 5. The van der Waals surface area contributed by atoms with Crippen molar-refractivity contribution in [3.8, 4) is 0 Å². The van der Waals surface area contributed by atoms with Crippen LogP contribution in [0.5, 0.6) is 0 Å². The van der Waals surface area contributed by atoms with Crippen molar-refractivity contribution in [3.63, 3.8) is 0 Å². The number of hydrogen-bond acceptors (Lipinski definition) is 3. The van der Waals surface area contributed by atoms with Crippen LogP contribution in [0.2, 0.25) is 0 Å². The lowest BCUT2D eigenvalue weighted by Gasteiger charge is -2.17. The van der Waals surface area contributed by atoms with Crippen LogP contribution in [0.15, 0.2) is 65.8 Å². The first kappa shape index (κ1) is 16.5. The van der Waals surface area contributed by atoms with Crippen LogP contribution in [-0.2, 0) is 17.7 Å². The number of nitrogens with zero attached hydrogens (tertiary/aromatic N) is 1. The molecule has 0 unspecified atom stereocenters. The van der Waals surface area contributed by atoms with E-state index in [1.54, 1.807) is 0 Å². The van der Waals surface area contributed by atoms with Crippen molar-refractivity contribution in [1.82, 2.24) is 0 Å². The molecule has 3 rings (SSSR count). The average Bonchev–Trinajstić information content (AvgIpc) is 2.98. The second-order valence-electron chi connectivity index (χ2n) is 5.52. The highest BCUT2D eigenvalue weighted by atomic mass is 35.5. The molecule has 0 radical (unpaired) electrons. The van der Waals surface area contributed by atoms with Crippen molar-refractivity contribution in [2.24, 2.45) is 10.9 Å². The second kappa shape index (κ2) is 7.97. The van der Waals surface area contributed by atoms with Crippen LogP contribution in [-0.4, -0.2) is 17.9 Å². The lowest BCUT2D eigenvalue weighted by atomic mass is 9.97. The Labute approximate surface area is 137 Å². The molecule has 2 N–H and O–H groups in total. The minimum absolute atomic E-state index is 0. The highest BCUT2D eigenvalue weighted by Crippen LogP contribution is 2.18. The zero-order valence-corrected chi connectivity index (χ0v) is 13.2. The third kappa shape index (κ3) is 4.33. The Hall–Kier alpha value is -1.84. The summed E-state index contributed by atoms with van der Waals surface area (Å²) in [6.45, 7) is 0. The van der Waals surface area contributed by atoms with Crippen molar-refractivity contribution in [1.29, 1.82) is 0 Å². The maximum Gasteiger partial charge on any atom is 0.148 e.